The summed E-state index contributed by atoms with van der Waals surface area (Å²) in [6.07, 6.45) is 1.22. The van der Waals surface area contributed by atoms with Crippen LogP contribution >= 0.6 is 0 Å². The number of carbonyl (C=O) groups excluding carboxylic acids is 1. The summed E-state index contributed by atoms with van der Waals surface area (Å²) in [4.78, 5) is 18.6. The molecule has 0 unspecified atom stereocenters. The van der Waals surface area contributed by atoms with Crippen molar-refractivity contribution in [3.63, 3.8) is 0 Å². The van der Waals surface area contributed by atoms with E-state index in [2.05, 4.69) is 4.98 Å². The first-order valence-electron chi connectivity index (χ1n) is 10.9. The van der Waals surface area contributed by atoms with E-state index in [1.807, 2.05) is 52.2 Å². The van der Waals surface area contributed by atoms with E-state index in [1.54, 1.807) is 4.90 Å². The number of benzene rings is 1. The Labute approximate surface area is 183 Å². The normalized spacial score (nSPS) is 22.7. The summed E-state index contributed by atoms with van der Waals surface area (Å²) in [6, 6.07) is 3.11. The van der Waals surface area contributed by atoms with Crippen LogP contribution in [0.3, 0.4) is 0 Å². The number of nitrogens with zero attached hydrogens (tertiary/aromatic N) is 3. The second kappa shape index (κ2) is 7.48. The third-order valence-corrected chi connectivity index (χ3v) is 6.80. The first kappa shape index (κ1) is 22.1. The van der Waals surface area contributed by atoms with Gasteiger partial charge in [0.05, 0.1) is 29.9 Å². The maximum absolute atomic E-state index is 15.3. The van der Waals surface area contributed by atoms with Crippen LogP contribution < -0.4 is 5.46 Å². The van der Waals surface area contributed by atoms with Gasteiger partial charge in [0, 0.05) is 12.6 Å². The molecule has 168 valence electrons. The van der Waals surface area contributed by atoms with E-state index in [4.69, 9.17) is 14.0 Å². The van der Waals surface area contributed by atoms with E-state index in [1.165, 1.54) is 13.2 Å². The molecule has 0 radical (unpaired) electrons. The number of halogens is 1. The van der Waals surface area contributed by atoms with Crippen molar-refractivity contribution in [3.8, 4) is 0 Å². The molecule has 7 nitrogen and oxygen atoms in total. The van der Waals surface area contributed by atoms with Crippen molar-refractivity contribution in [2.45, 2.75) is 77.7 Å². The highest BCUT2D eigenvalue weighted by molar-refractivity contribution is 6.62. The fraction of sp³-hybridized carbons (Fsp3) is 0.636. The molecule has 4 rings (SSSR count). The number of hydrogen-bond donors (Lipinski definition) is 0. The zero-order chi connectivity index (χ0) is 22.7. The van der Waals surface area contributed by atoms with Gasteiger partial charge in [-0.25, -0.2) is 14.2 Å². The Morgan fingerprint density at radius 2 is 1.90 bits per heavy atom. The molecule has 2 fully saturated rings. The van der Waals surface area contributed by atoms with Crippen LogP contribution in [-0.2, 0) is 14.0 Å². The summed E-state index contributed by atoms with van der Waals surface area (Å²) in [5.41, 5.74) is 0.551. The van der Waals surface area contributed by atoms with Crippen LogP contribution in [-0.4, -0.2) is 52.5 Å². The number of fused-ring (bicyclic) bond motifs is 1. The predicted octanol–water partition coefficient (Wildman–Crippen LogP) is 3.96. The van der Waals surface area contributed by atoms with Crippen molar-refractivity contribution < 1.29 is 23.2 Å². The van der Waals surface area contributed by atoms with E-state index in [9.17, 15) is 4.79 Å². The first-order chi connectivity index (χ1) is 14.5. The zero-order valence-electron chi connectivity index (χ0n) is 19.4. The monoisotopic (exact) mass is 431 g/mol. The van der Waals surface area contributed by atoms with Crippen LogP contribution in [0.15, 0.2) is 12.1 Å². The molecule has 31 heavy (non-hydrogen) atoms. The van der Waals surface area contributed by atoms with Gasteiger partial charge in [-0.3, -0.25) is 4.90 Å². The van der Waals surface area contributed by atoms with Crippen molar-refractivity contribution in [2.24, 2.45) is 0 Å². The molecule has 1 aromatic heterocycles. The second-order valence-electron chi connectivity index (χ2n) is 9.71. The number of methoxy groups -OCH3 is 1. The minimum absolute atomic E-state index is 0.0213. The van der Waals surface area contributed by atoms with Crippen molar-refractivity contribution >= 4 is 29.7 Å². The Kier molecular flexibility index (Phi) is 5.33. The van der Waals surface area contributed by atoms with Gasteiger partial charge in [-0.1, -0.05) is 0 Å². The largest absolute Gasteiger partial charge is 0.495 e. The van der Waals surface area contributed by atoms with Crippen LogP contribution in [0, 0.1) is 5.82 Å². The molecule has 1 atom stereocenters. The van der Waals surface area contributed by atoms with Crippen molar-refractivity contribution in [2.75, 3.05) is 13.7 Å². The molecular formula is C22H31BFN3O4. The fourth-order valence-electron chi connectivity index (χ4n) is 4.45. The number of ether oxygens (including phenoxy) is 1. The standard InChI is InChI=1S/C22H31BFN3O4/c1-13(2)27-17-12-14(23-30-21(3,4)22(5,6)31-23)11-15(24)18(17)25-19(27)16-9-8-10-26(16)20(28)29-7/h11-13,16H,8-10H2,1-7H3/t16-/m1/s1. The van der Waals surface area contributed by atoms with E-state index < -0.39 is 24.1 Å². The minimum atomic E-state index is -0.666. The second-order valence-corrected chi connectivity index (χ2v) is 9.71. The fourth-order valence-corrected chi connectivity index (χ4v) is 4.45. The quantitative estimate of drug-likeness (QED) is 0.689. The molecule has 2 aliphatic heterocycles. The molecule has 0 N–H and O–H groups in total. The highest BCUT2D eigenvalue weighted by atomic mass is 19.1. The van der Waals surface area contributed by atoms with E-state index in [0.717, 1.165) is 12.8 Å². The molecule has 0 bridgehead atoms. The van der Waals surface area contributed by atoms with Crippen molar-refractivity contribution in [1.29, 1.82) is 0 Å². The average Bonchev–Trinajstić information content (AvgIpc) is 3.35. The number of amides is 1. The van der Waals surface area contributed by atoms with Gasteiger partial charge >= 0.3 is 13.2 Å². The molecule has 2 aliphatic rings. The van der Waals surface area contributed by atoms with Gasteiger partial charge in [-0.2, -0.15) is 0 Å². The van der Waals surface area contributed by atoms with Gasteiger partial charge < -0.3 is 18.6 Å². The molecule has 2 saturated heterocycles. The van der Waals surface area contributed by atoms with Crippen LogP contribution in [0.25, 0.3) is 11.0 Å². The lowest BCUT2D eigenvalue weighted by Gasteiger charge is -2.32. The summed E-state index contributed by atoms with van der Waals surface area (Å²) in [5.74, 6) is 0.253. The molecule has 0 spiro atoms. The van der Waals surface area contributed by atoms with E-state index in [-0.39, 0.29) is 18.2 Å². The molecule has 2 aromatic rings. The molecule has 1 aromatic carbocycles. The van der Waals surface area contributed by atoms with Gasteiger partial charge in [-0.15, -0.1) is 0 Å². The Hall–Kier alpha value is -2.13. The smallest absolute Gasteiger partial charge is 0.453 e. The summed E-state index contributed by atoms with van der Waals surface area (Å²) in [5, 5.41) is 0. The third-order valence-electron chi connectivity index (χ3n) is 6.80. The molecule has 1 amide bonds. The summed E-state index contributed by atoms with van der Waals surface area (Å²) >= 11 is 0. The van der Waals surface area contributed by atoms with Gasteiger partial charge in [0.2, 0.25) is 0 Å². The molecule has 0 saturated carbocycles. The minimum Gasteiger partial charge on any atom is -0.453 e. The van der Waals surface area contributed by atoms with Crippen LogP contribution in [0.5, 0.6) is 0 Å². The molecular weight excluding hydrogens is 400 g/mol. The zero-order valence-corrected chi connectivity index (χ0v) is 19.4. The lowest BCUT2D eigenvalue weighted by Crippen LogP contribution is -2.41. The highest BCUT2D eigenvalue weighted by Gasteiger charge is 2.52. The maximum Gasteiger partial charge on any atom is 0.495 e. The number of hydrogen-bond acceptors (Lipinski definition) is 5. The van der Waals surface area contributed by atoms with Crippen molar-refractivity contribution in [3.05, 3.63) is 23.8 Å². The van der Waals surface area contributed by atoms with Gasteiger partial charge in [-0.05, 0) is 72.0 Å². The Bertz CT molecular complexity index is 1000. The molecule has 0 aliphatic carbocycles. The SMILES string of the molecule is COC(=O)N1CCC[C@@H]1c1nc2c(F)cc(B3OC(C)(C)C(C)(C)O3)cc2n1C(C)C. The highest BCUT2D eigenvalue weighted by Crippen LogP contribution is 2.38. The first-order valence-corrected chi connectivity index (χ1v) is 10.9. The predicted molar refractivity (Wildman–Crippen MR) is 117 cm³/mol. The van der Waals surface area contributed by atoms with Gasteiger partial charge in [0.15, 0.2) is 5.82 Å². The van der Waals surface area contributed by atoms with E-state index in [0.29, 0.717) is 28.9 Å². The number of imidazole rings is 1. The lowest BCUT2D eigenvalue weighted by molar-refractivity contribution is 0.00578. The number of carbonyl (C=O) groups is 1. The van der Waals surface area contributed by atoms with E-state index >= 15 is 4.39 Å². The molecule has 3 heterocycles. The Balaban J connectivity index is 1.82. The number of rotatable bonds is 3. The topological polar surface area (TPSA) is 65.8 Å². The lowest BCUT2D eigenvalue weighted by atomic mass is 9.79. The van der Waals surface area contributed by atoms with Crippen molar-refractivity contribution in [1.82, 2.24) is 14.5 Å². The average molecular weight is 431 g/mol. The number of likely N-dealkylation sites (tertiary alicyclic amines) is 1. The van der Waals surface area contributed by atoms with Crippen LogP contribution in [0.1, 0.15) is 72.3 Å². The third kappa shape index (κ3) is 3.51. The Morgan fingerprint density at radius 3 is 2.48 bits per heavy atom. The summed E-state index contributed by atoms with van der Waals surface area (Å²) in [6.45, 7) is 12.5. The van der Waals surface area contributed by atoms with Gasteiger partial charge in [0.1, 0.15) is 11.3 Å². The van der Waals surface area contributed by atoms with Crippen LogP contribution in [0.4, 0.5) is 9.18 Å². The summed E-state index contributed by atoms with van der Waals surface area (Å²) in [7, 11) is 0.709. The number of aromatic nitrogens is 2. The summed E-state index contributed by atoms with van der Waals surface area (Å²) < 4.78 is 34.5. The van der Waals surface area contributed by atoms with Gasteiger partial charge in [0.25, 0.3) is 0 Å². The molecule has 9 heteroatoms. The maximum atomic E-state index is 15.3. The van der Waals surface area contributed by atoms with Crippen LogP contribution in [0.2, 0.25) is 0 Å². The Morgan fingerprint density at radius 1 is 1.26 bits per heavy atom.